The molecule has 0 saturated carbocycles. The lowest BCUT2D eigenvalue weighted by atomic mass is 10.1. The molecule has 0 saturated heterocycles. The highest BCUT2D eigenvalue weighted by atomic mass is 32.1. The number of rotatable bonds is 7. The fourth-order valence-electron chi connectivity index (χ4n) is 4.06. The van der Waals surface area contributed by atoms with Gasteiger partial charge in [0.25, 0.3) is 5.56 Å². The number of aromatic nitrogens is 4. The molecular weight excluding hydrogens is 466 g/mol. The number of hydrogen-bond acceptors (Lipinski definition) is 6. The molecule has 34 heavy (non-hydrogen) atoms. The largest absolute Gasteiger partial charge is 0.348 e. The van der Waals surface area contributed by atoms with Gasteiger partial charge in [-0.05, 0) is 43.3 Å². The van der Waals surface area contributed by atoms with E-state index in [9.17, 15) is 9.59 Å². The van der Waals surface area contributed by atoms with Gasteiger partial charge in [0.2, 0.25) is 5.91 Å². The zero-order valence-electron chi connectivity index (χ0n) is 18.8. The first-order valence-corrected chi connectivity index (χ1v) is 12.6. The summed E-state index contributed by atoms with van der Waals surface area (Å²) < 4.78 is 3.62. The van der Waals surface area contributed by atoms with Gasteiger partial charge >= 0.3 is 0 Å². The minimum atomic E-state index is -0.312. The standard InChI is InChI=1S/C25H23N5O2S2/c1-16-12-20(17(2)30(16)10-8-18-6-4-3-5-7-18)21-14-34-25(27-21)28-22(31)13-29-15-26-23-19(24(29)32)9-11-33-23/h3-7,9,11-12,14-15H,8,10,13H2,1-2H3,(H,27,28,31). The van der Waals surface area contributed by atoms with Crippen LogP contribution < -0.4 is 10.9 Å². The zero-order chi connectivity index (χ0) is 23.7. The van der Waals surface area contributed by atoms with E-state index in [0.717, 1.165) is 29.9 Å². The van der Waals surface area contributed by atoms with Gasteiger partial charge in [0.15, 0.2) is 5.13 Å². The fourth-order valence-corrected chi connectivity index (χ4v) is 5.51. The van der Waals surface area contributed by atoms with E-state index in [2.05, 4.69) is 64.0 Å². The predicted octanol–water partition coefficient (Wildman–Crippen LogP) is 4.88. The zero-order valence-corrected chi connectivity index (χ0v) is 20.4. The number of amides is 1. The second-order valence-electron chi connectivity index (χ2n) is 8.08. The van der Waals surface area contributed by atoms with Crippen LogP contribution in [-0.2, 0) is 24.3 Å². The maximum atomic E-state index is 12.6. The number of fused-ring (bicyclic) bond motifs is 1. The van der Waals surface area contributed by atoms with Crippen LogP contribution in [0.25, 0.3) is 21.5 Å². The molecule has 7 nitrogen and oxygen atoms in total. The van der Waals surface area contributed by atoms with Gasteiger partial charge in [0.1, 0.15) is 11.4 Å². The highest BCUT2D eigenvalue weighted by Gasteiger charge is 2.15. The maximum Gasteiger partial charge on any atom is 0.262 e. The van der Waals surface area contributed by atoms with Crippen LogP contribution in [0.3, 0.4) is 0 Å². The van der Waals surface area contributed by atoms with Crippen LogP contribution in [0.15, 0.2) is 64.3 Å². The first kappa shape index (κ1) is 22.2. The molecule has 9 heteroatoms. The molecule has 0 aliphatic rings. The number of nitrogens with zero attached hydrogens (tertiary/aromatic N) is 4. The molecule has 0 bridgehead atoms. The molecule has 0 aliphatic carbocycles. The first-order valence-electron chi connectivity index (χ1n) is 10.9. The average molecular weight is 490 g/mol. The summed E-state index contributed by atoms with van der Waals surface area (Å²) in [6, 6.07) is 14.3. The summed E-state index contributed by atoms with van der Waals surface area (Å²) in [5, 5.41) is 7.61. The topological polar surface area (TPSA) is 81.8 Å². The molecule has 0 atom stereocenters. The highest BCUT2D eigenvalue weighted by Crippen LogP contribution is 2.30. The van der Waals surface area contributed by atoms with Crippen molar-refractivity contribution in [2.75, 3.05) is 5.32 Å². The molecule has 0 radical (unpaired) electrons. The highest BCUT2D eigenvalue weighted by molar-refractivity contribution is 7.16. The van der Waals surface area contributed by atoms with Crippen LogP contribution in [0.2, 0.25) is 0 Å². The normalized spacial score (nSPS) is 11.2. The van der Waals surface area contributed by atoms with E-state index in [1.807, 2.05) is 16.8 Å². The van der Waals surface area contributed by atoms with Crippen molar-refractivity contribution in [2.24, 2.45) is 0 Å². The summed E-state index contributed by atoms with van der Waals surface area (Å²) in [6.45, 7) is 4.99. The summed E-state index contributed by atoms with van der Waals surface area (Å²) >= 11 is 2.77. The Morgan fingerprint density at radius 2 is 1.94 bits per heavy atom. The Labute approximate surface area is 204 Å². The van der Waals surface area contributed by atoms with Crippen LogP contribution in [0, 0.1) is 13.8 Å². The van der Waals surface area contributed by atoms with Gasteiger partial charge in [0.05, 0.1) is 17.4 Å². The average Bonchev–Trinajstić information content (AvgIpc) is 3.55. The Balaban J connectivity index is 1.28. The molecule has 1 amide bonds. The molecule has 1 N–H and O–H groups in total. The van der Waals surface area contributed by atoms with Gasteiger partial charge in [-0.15, -0.1) is 22.7 Å². The number of anilines is 1. The second kappa shape index (κ2) is 9.36. The third-order valence-electron chi connectivity index (χ3n) is 5.83. The first-order chi connectivity index (χ1) is 16.5. The number of aryl methyl sites for hydroxylation is 2. The van der Waals surface area contributed by atoms with Crippen molar-refractivity contribution in [2.45, 2.75) is 33.4 Å². The van der Waals surface area contributed by atoms with Crippen molar-refractivity contribution < 1.29 is 4.79 Å². The molecule has 0 spiro atoms. The minimum Gasteiger partial charge on any atom is -0.348 e. The van der Waals surface area contributed by atoms with Gasteiger partial charge < -0.3 is 9.88 Å². The number of benzene rings is 1. The van der Waals surface area contributed by atoms with Crippen LogP contribution in [0.1, 0.15) is 17.0 Å². The number of nitrogens with one attached hydrogen (secondary N) is 1. The Morgan fingerprint density at radius 3 is 2.76 bits per heavy atom. The van der Waals surface area contributed by atoms with E-state index in [1.54, 1.807) is 6.07 Å². The molecule has 0 unspecified atom stereocenters. The van der Waals surface area contributed by atoms with Crippen LogP contribution in [0.5, 0.6) is 0 Å². The number of carbonyl (C=O) groups is 1. The molecule has 5 aromatic rings. The van der Waals surface area contributed by atoms with Gasteiger partial charge in [-0.1, -0.05) is 30.3 Å². The van der Waals surface area contributed by atoms with E-state index >= 15 is 0 Å². The van der Waals surface area contributed by atoms with Gasteiger partial charge in [-0.25, -0.2) is 9.97 Å². The molecule has 0 fully saturated rings. The number of carbonyl (C=O) groups excluding carboxylic acids is 1. The van der Waals surface area contributed by atoms with Crippen LogP contribution in [-0.4, -0.2) is 25.0 Å². The Bertz CT molecular complexity index is 1530. The van der Waals surface area contributed by atoms with Crippen LogP contribution in [0.4, 0.5) is 5.13 Å². The Hall–Kier alpha value is -3.56. The SMILES string of the molecule is Cc1cc(-c2csc(NC(=O)Cn3cnc4sccc4c3=O)n2)c(C)n1CCc1ccccc1. The lowest BCUT2D eigenvalue weighted by Gasteiger charge is -2.09. The molecule has 4 aromatic heterocycles. The molecule has 172 valence electrons. The number of hydrogen-bond donors (Lipinski definition) is 1. The molecule has 0 aliphatic heterocycles. The van der Waals surface area contributed by atoms with E-state index < -0.39 is 0 Å². The van der Waals surface area contributed by atoms with Crippen molar-refractivity contribution in [3.8, 4) is 11.3 Å². The van der Waals surface area contributed by atoms with Gasteiger partial charge in [-0.2, -0.15) is 0 Å². The van der Waals surface area contributed by atoms with Crippen molar-refractivity contribution in [3.63, 3.8) is 0 Å². The number of thiophene rings is 1. The molecule has 1 aromatic carbocycles. The van der Waals surface area contributed by atoms with E-state index in [0.29, 0.717) is 15.3 Å². The Kier molecular flexibility index (Phi) is 6.12. The van der Waals surface area contributed by atoms with E-state index in [4.69, 9.17) is 0 Å². The van der Waals surface area contributed by atoms with Gasteiger partial charge in [0, 0.05) is 28.9 Å². The van der Waals surface area contributed by atoms with Gasteiger partial charge in [-0.3, -0.25) is 14.2 Å². The third-order valence-corrected chi connectivity index (χ3v) is 7.41. The summed E-state index contributed by atoms with van der Waals surface area (Å²) in [5.41, 5.74) is 5.31. The summed E-state index contributed by atoms with van der Waals surface area (Å²) in [5.74, 6) is -0.312. The monoisotopic (exact) mass is 489 g/mol. The molecular formula is C25H23N5O2S2. The molecule has 5 rings (SSSR count). The Morgan fingerprint density at radius 1 is 1.12 bits per heavy atom. The summed E-state index contributed by atoms with van der Waals surface area (Å²) in [7, 11) is 0. The molecule has 4 heterocycles. The van der Waals surface area contributed by atoms with Crippen molar-refractivity contribution in [3.05, 3.63) is 86.9 Å². The number of thiazole rings is 1. The van der Waals surface area contributed by atoms with Crippen molar-refractivity contribution >= 4 is 43.9 Å². The van der Waals surface area contributed by atoms with Crippen molar-refractivity contribution in [1.29, 1.82) is 0 Å². The summed E-state index contributed by atoms with van der Waals surface area (Å²) in [6.07, 6.45) is 2.37. The third kappa shape index (κ3) is 4.44. The minimum absolute atomic E-state index is 0.111. The smallest absolute Gasteiger partial charge is 0.262 e. The lowest BCUT2D eigenvalue weighted by molar-refractivity contribution is -0.116. The quantitative estimate of drug-likeness (QED) is 0.353. The van der Waals surface area contributed by atoms with Crippen molar-refractivity contribution in [1.82, 2.24) is 19.1 Å². The van der Waals surface area contributed by atoms with Crippen LogP contribution >= 0.6 is 22.7 Å². The van der Waals surface area contributed by atoms with E-state index in [1.165, 1.54) is 44.8 Å². The predicted molar refractivity (Wildman–Crippen MR) is 138 cm³/mol. The lowest BCUT2D eigenvalue weighted by Crippen LogP contribution is -2.27. The van der Waals surface area contributed by atoms with E-state index in [-0.39, 0.29) is 18.0 Å². The summed E-state index contributed by atoms with van der Waals surface area (Å²) in [4.78, 5) is 34.6. The fraction of sp³-hybridized carbons (Fsp3) is 0.200. The second-order valence-corrected chi connectivity index (χ2v) is 9.83. The maximum absolute atomic E-state index is 12.6.